The molecule has 1 aromatic carbocycles. The number of rotatable bonds is 7. The van der Waals surface area contributed by atoms with Crippen molar-refractivity contribution >= 4 is 0 Å². The highest BCUT2D eigenvalue weighted by Crippen LogP contribution is 2.18. The van der Waals surface area contributed by atoms with Gasteiger partial charge in [-0.25, -0.2) is 4.39 Å². The summed E-state index contributed by atoms with van der Waals surface area (Å²) in [4.78, 5) is 0. The van der Waals surface area contributed by atoms with Crippen LogP contribution in [0.4, 0.5) is 4.39 Å². The molecule has 0 saturated heterocycles. The maximum absolute atomic E-state index is 13.4. The first-order valence-corrected chi connectivity index (χ1v) is 5.79. The minimum atomic E-state index is -0.454. The van der Waals surface area contributed by atoms with Gasteiger partial charge in [0.15, 0.2) is 17.9 Å². The first kappa shape index (κ1) is 13.9. The van der Waals surface area contributed by atoms with Crippen LogP contribution in [0.1, 0.15) is 19.4 Å². The van der Waals surface area contributed by atoms with Gasteiger partial charge in [-0.05, 0) is 38.5 Å². The number of ether oxygens (including phenoxy) is 3. The van der Waals surface area contributed by atoms with Crippen molar-refractivity contribution in [1.82, 2.24) is 0 Å². The number of hydrogen-bond acceptors (Lipinski definition) is 3. The van der Waals surface area contributed by atoms with E-state index in [9.17, 15) is 4.39 Å². The molecule has 0 heterocycles. The Morgan fingerprint density at radius 2 is 1.82 bits per heavy atom. The Kier molecular flexibility index (Phi) is 5.94. The van der Waals surface area contributed by atoms with Crippen molar-refractivity contribution in [3.8, 4) is 5.75 Å². The van der Waals surface area contributed by atoms with E-state index in [4.69, 9.17) is 14.2 Å². The summed E-state index contributed by atoms with van der Waals surface area (Å²) in [6.45, 7) is 6.88. The topological polar surface area (TPSA) is 27.7 Å². The maximum Gasteiger partial charge on any atom is 0.191 e. The Hall–Kier alpha value is -1.13. The number of benzene rings is 1. The lowest BCUT2D eigenvalue weighted by Gasteiger charge is -2.17. The fraction of sp³-hybridized carbons (Fsp3) is 0.538. The molecule has 0 aliphatic carbocycles. The van der Waals surface area contributed by atoms with Crippen LogP contribution in [-0.2, 0) is 9.47 Å². The molecule has 1 rings (SSSR count). The molecule has 0 fully saturated rings. The van der Waals surface area contributed by atoms with E-state index in [1.807, 2.05) is 20.8 Å². The molecule has 0 N–H and O–H groups in total. The Balaban J connectivity index is 2.55. The number of hydrogen-bond donors (Lipinski definition) is 0. The second-order valence-corrected chi connectivity index (χ2v) is 3.59. The van der Waals surface area contributed by atoms with Crippen molar-refractivity contribution in [2.75, 3.05) is 19.8 Å². The Bertz CT molecular complexity index is 335. The van der Waals surface area contributed by atoms with E-state index >= 15 is 0 Å². The Morgan fingerprint density at radius 3 is 2.41 bits per heavy atom. The summed E-state index contributed by atoms with van der Waals surface area (Å²) < 4.78 is 29.4. The van der Waals surface area contributed by atoms with Crippen LogP contribution in [-0.4, -0.2) is 26.1 Å². The molecular weight excluding hydrogens is 223 g/mol. The van der Waals surface area contributed by atoms with Crippen molar-refractivity contribution < 1.29 is 18.6 Å². The summed E-state index contributed by atoms with van der Waals surface area (Å²) in [5, 5.41) is 0. The molecule has 3 nitrogen and oxygen atoms in total. The third-order valence-corrected chi connectivity index (χ3v) is 2.17. The summed E-state index contributed by atoms with van der Waals surface area (Å²) in [5.74, 6) is -0.142. The maximum atomic E-state index is 13.4. The summed E-state index contributed by atoms with van der Waals surface area (Å²) in [5.41, 5.74) is 0.950. The minimum absolute atomic E-state index is 0.183. The summed E-state index contributed by atoms with van der Waals surface area (Å²) >= 11 is 0. The molecule has 17 heavy (non-hydrogen) atoms. The molecule has 0 aromatic heterocycles. The lowest BCUT2D eigenvalue weighted by atomic mass is 10.2. The molecule has 96 valence electrons. The molecule has 0 spiro atoms. The van der Waals surface area contributed by atoms with Crippen molar-refractivity contribution in [1.29, 1.82) is 0 Å². The van der Waals surface area contributed by atoms with Gasteiger partial charge in [0.2, 0.25) is 0 Å². The quantitative estimate of drug-likeness (QED) is 0.688. The molecule has 4 heteroatoms. The fourth-order valence-electron chi connectivity index (χ4n) is 1.40. The van der Waals surface area contributed by atoms with Crippen LogP contribution in [0.25, 0.3) is 0 Å². The van der Waals surface area contributed by atoms with Gasteiger partial charge >= 0.3 is 0 Å². The van der Waals surface area contributed by atoms with Gasteiger partial charge in [0, 0.05) is 13.2 Å². The van der Waals surface area contributed by atoms with Gasteiger partial charge in [-0.3, -0.25) is 0 Å². The largest absolute Gasteiger partial charge is 0.485 e. The Labute approximate surface area is 101 Å². The normalized spacial score (nSPS) is 10.9. The van der Waals surface area contributed by atoms with Crippen molar-refractivity contribution in [3.63, 3.8) is 0 Å². The monoisotopic (exact) mass is 242 g/mol. The van der Waals surface area contributed by atoms with E-state index in [2.05, 4.69) is 0 Å². The number of halogens is 1. The highest BCUT2D eigenvalue weighted by Gasteiger charge is 2.11. The molecule has 0 radical (unpaired) electrons. The predicted octanol–water partition coefficient (Wildman–Crippen LogP) is 2.91. The fourth-order valence-corrected chi connectivity index (χ4v) is 1.40. The molecule has 0 aliphatic heterocycles. The molecule has 0 atom stereocenters. The van der Waals surface area contributed by atoms with E-state index in [1.54, 1.807) is 12.1 Å². The second kappa shape index (κ2) is 7.25. The average Bonchev–Trinajstić information content (AvgIpc) is 2.30. The first-order valence-electron chi connectivity index (χ1n) is 5.79. The SMILES string of the molecule is CCOC(COc1cc(C)ccc1F)OCC. The minimum Gasteiger partial charge on any atom is -0.485 e. The second-order valence-electron chi connectivity index (χ2n) is 3.59. The van der Waals surface area contributed by atoms with Crippen LogP contribution in [0.3, 0.4) is 0 Å². The van der Waals surface area contributed by atoms with Crippen LogP contribution in [0.15, 0.2) is 18.2 Å². The van der Waals surface area contributed by atoms with Crippen LogP contribution in [0.5, 0.6) is 5.75 Å². The van der Waals surface area contributed by atoms with E-state index in [1.165, 1.54) is 6.07 Å². The summed E-state index contributed by atoms with van der Waals surface area (Å²) in [6, 6.07) is 4.75. The van der Waals surface area contributed by atoms with E-state index in [-0.39, 0.29) is 18.2 Å². The highest BCUT2D eigenvalue weighted by atomic mass is 19.1. The predicted molar refractivity (Wildman–Crippen MR) is 63.7 cm³/mol. The van der Waals surface area contributed by atoms with Crippen LogP contribution >= 0.6 is 0 Å². The van der Waals surface area contributed by atoms with E-state index in [0.717, 1.165) is 5.56 Å². The van der Waals surface area contributed by atoms with Crippen LogP contribution in [0, 0.1) is 12.7 Å². The van der Waals surface area contributed by atoms with Crippen molar-refractivity contribution in [3.05, 3.63) is 29.6 Å². The van der Waals surface area contributed by atoms with E-state index < -0.39 is 6.29 Å². The zero-order valence-electron chi connectivity index (χ0n) is 10.5. The third kappa shape index (κ3) is 4.71. The van der Waals surface area contributed by atoms with Crippen molar-refractivity contribution in [2.24, 2.45) is 0 Å². The van der Waals surface area contributed by atoms with Crippen molar-refractivity contribution in [2.45, 2.75) is 27.1 Å². The third-order valence-electron chi connectivity index (χ3n) is 2.17. The first-order chi connectivity index (χ1) is 8.17. The van der Waals surface area contributed by atoms with Gasteiger partial charge in [0.1, 0.15) is 6.61 Å². The molecule has 0 aliphatic rings. The van der Waals surface area contributed by atoms with Gasteiger partial charge in [-0.1, -0.05) is 6.07 Å². The molecule has 1 aromatic rings. The van der Waals surface area contributed by atoms with Gasteiger partial charge in [0.25, 0.3) is 0 Å². The van der Waals surface area contributed by atoms with Gasteiger partial charge in [-0.2, -0.15) is 0 Å². The lowest BCUT2D eigenvalue weighted by Crippen LogP contribution is -2.25. The van der Waals surface area contributed by atoms with E-state index in [0.29, 0.717) is 13.2 Å². The van der Waals surface area contributed by atoms with Gasteiger partial charge in [-0.15, -0.1) is 0 Å². The smallest absolute Gasteiger partial charge is 0.191 e. The van der Waals surface area contributed by atoms with Crippen LogP contribution in [0.2, 0.25) is 0 Å². The zero-order valence-corrected chi connectivity index (χ0v) is 10.5. The number of aryl methyl sites for hydroxylation is 1. The standard InChI is InChI=1S/C13H19FO3/c1-4-15-13(16-5-2)9-17-12-8-10(3)6-7-11(12)14/h6-8,13H,4-5,9H2,1-3H3. The molecule has 0 saturated carbocycles. The highest BCUT2D eigenvalue weighted by molar-refractivity contribution is 5.29. The zero-order chi connectivity index (χ0) is 12.7. The van der Waals surface area contributed by atoms with Gasteiger partial charge < -0.3 is 14.2 Å². The van der Waals surface area contributed by atoms with Gasteiger partial charge in [0.05, 0.1) is 0 Å². The molecule has 0 unspecified atom stereocenters. The molecule has 0 amide bonds. The molecule has 0 bridgehead atoms. The molecular formula is C13H19FO3. The summed E-state index contributed by atoms with van der Waals surface area (Å²) in [6.07, 6.45) is -0.454. The Morgan fingerprint density at radius 1 is 1.18 bits per heavy atom. The van der Waals surface area contributed by atoms with Crippen LogP contribution < -0.4 is 4.74 Å². The average molecular weight is 242 g/mol. The summed E-state index contributed by atoms with van der Waals surface area (Å²) in [7, 11) is 0. The lowest BCUT2D eigenvalue weighted by molar-refractivity contribution is -0.152.